The van der Waals surface area contributed by atoms with E-state index in [4.69, 9.17) is 0 Å². The first-order chi connectivity index (χ1) is 8.20. The number of hydrazine groups is 1. The summed E-state index contributed by atoms with van der Waals surface area (Å²) in [6, 6.07) is 0. The smallest absolute Gasteiger partial charge is 0.227 e. The molecule has 0 fully saturated rings. The van der Waals surface area contributed by atoms with Crippen LogP contribution in [0.15, 0.2) is 11.4 Å². The van der Waals surface area contributed by atoms with Crippen molar-refractivity contribution in [2.45, 2.75) is 26.7 Å². The molecule has 5 nitrogen and oxygen atoms in total. The van der Waals surface area contributed by atoms with Gasteiger partial charge < -0.3 is 15.6 Å². The second-order valence-electron chi connectivity index (χ2n) is 4.67. The van der Waals surface area contributed by atoms with Gasteiger partial charge in [0.1, 0.15) is 0 Å². The number of carbonyl (C=O) groups excluding carboxylic acids is 1. The van der Waals surface area contributed by atoms with E-state index in [1.807, 2.05) is 11.3 Å². The summed E-state index contributed by atoms with van der Waals surface area (Å²) in [7, 11) is 0. The van der Waals surface area contributed by atoms with Crippen LogP contribution in [0.1, 0.15) is 26.7 Å². The molecule has 2 aliphatic heterocycles. The largest absolute Gasteiger partial charge is 0.371 e. The second-order valence-corrected chi connectivity index (χ2v) is 4.67. The molecule has 1 atom stereocenters. The number of carbonyl (C=O) groups is 1. The predicted octanol–water partition coefficient (Wildman–Crippen LogP) is 0.336. The molecule has 2 rings (SSSR count). The van der Waals surface area contributed by atoms with Gasteiger partial charge in [0.15, 0.2) is 0 Å². The van der Waals surface area contributed by atoms with E-state index in [1.54, 1.807) is 0 Å². The van der Waals surface area contributed by atoms with Crippen LogP contribution in [0.25, 0.3) is 0 Å². The Bertz CT molecular complexity index is 326. The molecule has 0 bridgehead atoms. The predicted molar refractivity (Wildman–Crippen MR) is 66.3 cm³/mol. The van der Waals surface area contributed by atoms with E-state index in [9.17, 15) is 4.79 Å². The van der Waals surface area contributed by atoms with E-state index in [2.05, 4.69) is 30.0 Å². The Kier molecular flexibility index (Phi) is 3.89. The van der Waals surface area contributed by atoms with Crippen LogP contribution in [0.2, 0.25) is 0 Å². The molecule has 0 aromatic carbocycles. The SMILES string of the molecule is CCC(C)[CH]C(=O)N1CCC2=C(C1)NCNN2. The number of hydrogen-bond acceptors (Lipinski definition) is 4. The topological polar surface area (TPSA) is 56.4 Å². The number of rotatable bonds is 3. The second kappa shape index (κ2) is 5.40. The normalized spacial score (nSPS) is 21.4. The van der Waals surface area contributed by atoms with Crippen LogP contribution in [0, 0.1) is 12.3 Å². The van der Waals surface area contributed by atoms with Gasteiger partial charge in [-0.25, -0.2) is 5.43 Å². The number of hydrogen-bond donors (Lipinski definition) is 3. The first-order valence-electron chi connectivity index (χ1n) is 6.29. The Labute approximate surface area is 103 Å². The molecule has 0 saturated carbocycles. The molecule has 1 amide bonds. The van der Waals surface area contributed by atoms with E-state index < -0.39 is 0 Å². The molecule has 0 aromatic rings. The highest BCUT2D eigenvalue weighted by molar-refractivity contribution is 5.85. The maximum absolute atomic E-state index is 12.0. The highest BCUT2D eigenvalue weighted by Crippen LogP contribution is 2.17. The molecule has 1 radical (unpaired) electrons. The minimum absolute atomic E-state index is 0.159. The molecular weight excluding hydrogens is 216 g/mol. The van der Waals surface area contributed by atoms with Gasteiger partial charge in [0, 0.05) is 18.7 Å². The van der Waals surface area contributed by atoms with Crippen LogP contribution in [0.3, 0.4) is 0 Å². The van der Waals surface area contributed by atoms with Gasteiger partial charge in [0.2, 0.25) is 5.91 Å². The average Bonchev–Trinajstić information content (AvgIpc) is 2.38. The first-order valence-corrected chi connectivity index (χ1v) is 6.29. The van der Waals surface area contributed by atoms with Crippen molar-refractivity contribution in [3.63, 3.8) is 0 Å². The first kappa shape index (κ1) is 12.2. The summed E-state index contributed by atoms with van der Waals surface area (Å²) in [6.45, 7) is 6.37. The summed E-state index contributed by atoms with van der Waals surface area (Å²) in [6.07, 6.45) is 3.73. The zero-order valence-electron chi connectivity index (χ0n) is 10.5. The summed E-state index contributed by atoms with van der Waals surface area (Å²) < 4.78 is 0. The summed E-state index contributed by atoms with van der Waals surface area (Å²) in [4.78, 5) is 13.9. The Morgan fingerprint density at radius 2 is 2.35 bits per heavy atom. The van der Waals surface area contributed by atoms with Gasteiger partial charge in [0.05, 0.1) is 25.3 Å². The Morgan fingerprint density at radius 3 is 3.12 bits per heavy atom. The Morgan fingerprint density at radius 1 is 1.53 bits per heavy atom. The third kappa shape index (κ3) is 2.91. The van der Waals surface area contributed by atoms with E-state index in [0.29, 0.717) is 19.1 Å². The van der Waals surface area contributed by atoms with Crippen LogP contribution in [0.4, 0.5) is 0 Å². The molecule has 2 aliphatic rings. The molecule has 1 unspecified atom stereocenters. The highest BCUT2D eigenvalue weighted by atomic mass is 16.2. The van der Waals surface area contributed by atoms with Crippen molar-refractivity contribution in [1.29, 1.82) is 0 Å². The van der Waals surface area contributed by atoms with Crippen molar-refractivity contribution in [1.82, 2.24) is 21.1 Å². The van der Waals surface area contributed by atoms with Gasteiger partial charge in [-0.2, -0.15) is 0 Å². The van der Waals surface area contributed by atoms with Gasteiger partial charge >= 0.3 is 0 Å². The van der Waals surface area contributed by atoms with E-state index in [0.717, 1.165) is 25.1 Å². The van der Waals surface area contributed by atoms with Crippen LogP contribution in [0.5, 0.6) is 0 Å². The minimum atomic E-state index is 0.159. The van der Waals surface area contributed by atoms with Gasteiger partial charge in [-0.3, -0.25) is 4.79 Å². The van der Waals surface area contributed by atoms with Crippen molar-refractivity contribution >= 4 is 5.91 Å². The highest BCUT2D eigenvalue weighted by Gasteiger charge is 2.24. The molecule has 0 aromatic heterocycles. The molecule has 0 saturated heterocycles. The minimum Gasteiger partial charge on any atom is -0.371 e. The lowest BCUT2D eigenvalue weighted by atomic mass is 10.0. The zero-order chi connectivity index (χ0) is 12.3. The number of amides is 1. The van der Waals surface area contributed by atoms with E-state index >= 15 is 0 Å². The van der Waals surface area contributed by atoms with Crippen molar-refractivity contribution in [3.05, 3.63) is 17.8 Å². The standard InChI is InChI=1S/C12H21N4O/c1-3-9(2)6-12(17)16-5-4-10-11(7-16)13-8-14-15-10/h6,9,13-15H,3-5,7-8H2,1-2H3. The third-order valence-electron chi connectivity index (χ3n) is 3.36. The lowest BCUT2D eigenvalue weighted by molar-refractivity contribution is -0.128. The number of nitrogens with zero attached hydrogens (tertiary/aromatic N) is 1. The maximum atomic E-state index is 12.0. The van der Waals surface area contributed by atoms with Crippen molar-refractivity contribution in [3.8, 4) is 0 Å². The van der Waals surface area contributed by atoms with Gasteiger partial charge in [-0.05, 0) is 5.92 Å². The summed E-state index contributed by atoms with van der Waals surface area (Å²) >= 11 is 0. The van der Waals surface area contributed by atoms with Crippen LogP contribution < -0.4 is 16.2 Å². The van der Waals surface area contributed by atoms with Crippen molar-refractivity contribution in [2.75, 3.05) is 19.8 Å². The maximum Gasteiger partial charge on any atom is 0.227 e. The molecule has 95 valence electrons. The van der Waals surface area contributed by atoms with Gasteiger partial charge in [0.25, 0.3) is 0 Å². The van der Waals surface area contributed by atoms with Crippen LogP contribution in [-0.4, -0.2) is 30.6 Å². The van der Waals surface area contributed by atoms with E-state index in [-0.39, 0.29) is 5.91 Å². The third-order valence-corrected chi connectivity index (χ3v) is 3.36. The monoisotopic (exact) mass is 237 g/mol. The molecule has 17 heavy (non-hydrogen) atoms. The fourth-order valence-corrected chi connectivity index (χ4v) is 2.02. The fourth-order valence-electron chi connectivity index (χ4n) is 2.02. The number of nitrogens with one attached hydrogen (secondary N) is 3. The molecule has 0 spiro atoms. The fraction of sp³-hybridized carbons (Fsp3) is 0.667. The van der Waals surface area contributed by atoms with Crippen LogP contribution in [-0.2, 0) is 4.79 Å². The van der Waals surface area contributed by atoms with Crippen molar-refractivity contribution < 1.29 is 4.79 Å². The van der Waals surface area contributed by atoms with Gasteiger partial charge in [-0.15, -0.1) is 0 Å². The Balaban J connectivity index is 1.92. The molecule has 5 heteroatoms. The zero-order valence-corrected chi connectivity index (χ0v) is 10.5. The van der Waals surface area contributed by atoms with Crippen LogP contribution >= 0.6 is 0 Å². The average molecular weight is 237 g/mol. The lowest BCUT2D eigenvalue weighted by Crippen LogP contribution is -2.51. The van der Waals surface area contributed by atoms with Crippen molar-refractivity contribution in [2.24, 2.45) is 5.92 Å². The molecule has 0 aliphatic carbocycles. The quantitative estimate of drug-likeness (QED) is 0.662. The summed E-state index contributed by atoms with van der Waals surface area (Å²) in [5, 5.41) is 3.27. The molecular formula is C12H21N4O. The molecule has 2 heterocycles. The molecule has 3 N–H and O–H groups in total. The summed E-state index contributed by atoms with van der Waals surface area (Å²) in [5.74, 6) is 0.517. The van der Waals surface area contributed by atoms with Gasteiger partial charge in [-0.1, -0.05) is 20.3 Å². The summed E-state index contributed by atoms with van der Waals surface area (Å²) in [5.41, 5.74) is 8.51. The Hall–Kier alpha value is -1.23. The lowest BCUT2D eigenvalue weighted by Gasteiger charge is -2.35. The van der Waals surface area contributed by atoms with E-state index in [1.165, 1.54) is 5.70 Å².